The highest BCUT2D eigenvalue weighted by molar-refractivity contribution is 6.42. The Balaban J connectivity index is 2.68. The molecule has 0 aromatic heterocycles. The fraction of sp³-hybridized carbons (Fsp3) is 0.357. The predicted octanol–water partition coefficient (Wildman–Crippen LogP) is 1.25. The van der Waals surface area contributed by atoms with Crippen LogP contribution in [0.5, 0.6) is 0 Å². The highest BCUT2D eigenvalue weighted by Crippen LogP contribution is 2.35. The number of amides is 2. The van der Waals surface area contributed by atoms with E-state index >= 15 is 0 Å². The molecule has 124 valence electrons. The molecular weight excluding hydrogens is 345 g/mol. The van der Waals surface area contributed by atoms with Gasteiger partial charge >= 0.3 is 0 Å². The van der Waals surface area contributed by atoms with Gasteiger partial charge in [-0.15, -0.1) is 0 Å². The zero-order valence-electron chi connectivity index (χ0n) is 12.1. The van der Waals surface area contributed by atoms with Gasteiger partial charge in [-0.1, -0.05) is 29.3 Å². The maximum absolute atomic E-state index is 12.6. The largest absolute Gasteiger partial charge is 0.379 e. The highest BCUT2D eigenvalue weighted by Gasteiger charge is 2.53. The van der Waals surface area contributed by atoms with Crippen molar-refractivity contribution in [3.05, 3.63) is 33.8 Å². The van der Waals surface area contributed by atoms with Crippen molar-refractivity contribution >= 4 is 41.7 Å². The van der Waals surface area contributed by atoms with Crippen molar-refractivity contribution in [3.8, 4) is 0 Å². The Morgan fingerprint density at radius 1 is 1.30 bits per heavy atom. The molecule has 1 heterocycles. The van der Waals surface area contributed by atoms with E-state index in [0.717, 1.165) is 0 Å². The SMILES string of the molecule is C=NC(=O)C(C(=O)NO)(c1ccc(Cl)c(Cl)c1)N1CCOCC1. The number of carbonyl (C=O) groups is 2. The van der Waals surface area contributed by atoms with E-state index in [1.807, 2.05) is 0 Å². The number of hydroxylamine groups is 1. The van der Waals surface area contributed by atoms with Gasteiger partial charge < -0.3 is 4.74 Å². The molecule has 0 bridgehead atoms. The summed E-state index contributed by atoms with van der Waals surface area (Å²) in [5.41, 5.74) is -0.115. The Kier molecular flexibility index (Phi) is 5.72. The molecule has 0 spiro atoms. The van der Waals surface area contributed by atoms with Crippen LogP contribution in [0.3, 0.4) is 0 Å². The van der Waals surface area contributed by atoms with Crippen LogP contribution in [0.1, 0.15) is 5.56 Å². The maximum atomic E-state index is 12.6. The van der Waals surface area contributed by atoms with Crippen LogP contribution in [0.15, 0.2) is 23.2 Å². The zero-order chi connectivity index (χ0) is 17.0. The lowest BCUT2D eigenvalue weighted by atomic mass is 9.85. The number of nitrogens with zero attached hydrogens (tertiary/aromatic N) is 2. The molecule has 1 fully saturated rings. The third kappa shape index (κ3) is 3.11. The van der Waals surface area contributed by atoms with Gasteiger partial charge in [0.2, 0.25) is 5.54 Å². The molecule has 1 aliphatic rings. The van der Waals surface area contributed by atoms with Crippen LogP contribution in [0.2, 0.25) is 10.0 Å². The van der Waals surface area contributed by atoms with Gasteiger partial charge in [0.05, 0.1) is 23.3 Å². The number of ether oxygens (including phenoxy) is 1. The molecule has 1 saturated heterocycles. The summed E-state index contributed by atoms with van der Waals surface area (Å²) in [4.78, 5) is 30.1. The van der Waals surface area contributed by atoms with Crippen LogP contribution in [-0.4, -0.2) is 54.9 Å². The first-order chi connectivity index (χ1) is 11.0. The Morgan fingerprint density at radius 3 is 2.48 bits per heavy atom. The summed E-state index contributed by atoms with van der Waals surface area (Å²) >= 11 is 11.9. The lowest BCUT2D eigenvalue weighted by Gasteiger charge is -2.41. The third-order valence-electron chi connectivity index (χ3n) is 3.71. The molecular formula is C14H15Cl2N3O4. The lowest BCUT2D eigenvalue weighted by molar-refractivity contribution is -0.155. The number of nitrogens with one attached hydrogen (secondary N) is 1. The van der Waals surface area contributed by atoms with Gasteiger partial charge in [0, 0.05) is 13.1 Å². The van der Waals surface area contributed by atoms with E-state index in [1.165, 1.54) is 18.2 Å². The maximum Gasteiger partial charge on any atom is 0.280 e. The van der Waals surface area contributed by atoms with E-state index in [9.17, 15) is 14.8 Å². The average Bonchev–Trinajstić information content (AvgIpc) is 2.59. The topological polar surface area (TPSA) is 91.2 Å². The Morgan fingerprint density at radius 2 is 1.96 bits per heavy atom. The number of halogens is 2. The number of carbonyl (C=O) groups excluding carboxylic acids is 2. The number of hydrogen-bond donors (Lipinski definition) is 2. The Bertz CT molecular complexity index is 634. The monoisotopic (exact) mass is 359 g/mol. The minimum atomic E-state index is -1.89. The number of aliphatic imine (C=N–C) groups is 1. The summed E-state index contributed by atoms with van der Waals surface area (Å²) in [5, 5.41) is 9.64. The second-order valence-electron chi connectivity index (χ2n) is 4.84. The normalized spacial score (nSPS) is 18.0. The molecule has 1 atom stereocenters. The molecule has 1 aromatic rings. The molecule has 2 amide bonds. The minimum absolute atomic E-state index is 0.171. The van der Waals surface area contributed by atoms with Gasteiger partial charge in [-0.05, 0) is 24.4 Å². The van der Waals surface area contributed by atoms with E-state index in [2.05, 4.69) is 11.7 Å². The molecule has 0 saturated carbocycles. The first kappa shape index (κ1) is 17.8. The lowest BCUT2D eigenvalue weighted by Crippen LogP contribution is -2.62. The first-order valence-electron chi connectivity index (χ1n) is 6.72. The van der Waals surface area contributed by atoms with Gasteiger partial charge in [-0.2, -0.15) is 0 Å². The highest BCUT2D eigenvalue weighted by atomic mass is 35.5. The molecule has 23 heavy (non-hydrogen) atoms. The van der Waals surface area contributed by atoms with Gasteiger partial charge in [0.1, 0.15) is 0 Å². The summed E-state index contributed by atoms with van der Waals surface area (Å²) in [7, 11) is 0. The second-order valence-corrected chi connectivity index (χ2v) is 5.66. The Labute approximate surface area is 142 Å². The Hall–Kier alpha value is -1.51. The number of morpholine rings is 1. The zero-order valence-corrected chi connectivity index (χ0v) is 13.6. The van der Waals surface area contributed by atoms with E-state index in [1.54, 1.807) is 10.4 Å². The van der Waals surface area contributed by atoms with E-state index in [-0.39, 0.29) is 28.7 Å². The van der Waals surface area contributed by atoms with Crippen molar-refractivity contribution in [2.24, 2.45) is 4.99 Å². The fourth-order valence-corrected chi connectivity index (χ4v) is 2.93. The van der Waals surface area contributed by atoms with Crippen LogP contribution >= 0.6 is 23.2 Å². The van der Waals surface area contributed by atoms with Crippen LogP contribution in [0.25, 0.3) is 0 Å². The molecule has 1 aliphatic heterocycles. The summed E-state index contributed by atoms with van der Waals surface area (Å²) in [6, 6.07) is 4.36. The van der Waals surface area contributed by atoms with E-state index < -0.39 is 17.4 Å². The standard InChI is InChI=1S/C14H15Cl2N3O4/c1-17-12(20)14(13(21)18-22,19-4-6-23-7-5-19)9-2-3-10(15)11(16)8-9/h2-3,8,22H,1,4-7H2,(H,18,21). The molecule has 9 heteroatoms. The van der Waals surface area contributed by atoms with Crippen molar-refractivity contribution in [2.75, 3.05) is 26.3 Å². The number of benzene rings is 1. The molecule has 1 unspecified atom stereocenters. The number of rotatable bonds is 4. The van der Waals surface area contributed by atoms with Crippen molar-refractivity contribution in [1.29, 1.82) is 0 Å². The minimum Gasteiger partial charge on any atom is -0.379 e. The first-order valence-corrected chi connectivity index (χ1v) is 7.48. The summed E-state index contributed by atoms with van der Waals surface area (Å²) < 4.78 is 5.26. The van der Waals surface area contributed by atoms with Crippen LogP contribution < -0.4 is 5.48 Å². The van der Waals surface area contributed by atoms with Crippen molar-refractivity contribution in [2.45, 2.75) is 5.54 Å². The van der Waals surface area contributed by atoms with Crippen molar-refractivity contribution in [3.63, 3.8) is 0 Å². The third-order valence-corrected chi connectivity index (χ3v) is 4.45. The van der Waals surface area contributed by atoms with Gasteiger partial charge in [-0.25, -0.2) is 10.5 Å². The van der Waals surface area contributed by atoms with Crippen LogP contribution in [0.4, 0.5) is 0 Å². The van der Waals surface area contributed by atoms with E-state index in [4.69, 9.17) is 27.9 Å². The quantitative estimate of drug-likeness (QED) is 0.365. The second kappa shape index (κ2) is 7.37. The smallest absolute Gasteiger partial charge is 0.280 e. The molecule has 2 N–H and O–H groups in total. The van der Waals surface area contributed by atoms with E-state index in [0.29, 0.717) is 13.2 Å². The van der Waals surface area contributed by atoms with Crippen molar-refractivity contribution in [1.82, 2.24) is 10.4 Å². The molecule has 0 radical (unpaired) electrons. The molecule has 0 aliphatic carbocycles. The van der Waals surface area contributed by atoms with Gasteiger partial charge in [0.25, 0.3) is 11.8 Å². The summed E-state index contributed by atoms with van der Waals surface area (Å²) in [6.07, 6.45) is 0. The van der Waals surface area contributed by atoms with Gasteiger partial charge in [-0.3, -0.25) is 19.7 Å². The summed E-state index contributed by atoms with van der Waals surface area (Å²) in [6.45, 7) is 4.45. The van der Waals surface area contributed by atoms with Crippen molar-refractivity contribution < 1.29 is 19.5 Å². The molecule has 2 rings (SSSR count). The van der Waals surface area contributed by atoms with Crippen LogP contribution in [0, 0.1) is 0 Å². The number of hydrogen-bond acceptors (Lipinski definition) is 5. The predicted molar refractivity (Wildman–Crippen MR) is 85.0 cm³/mol. The average molecular weight is 360 g/mol. The van der Waals surface area contributed by atoms with Gasteiger partial charge in [0.15, 0.2) is 0 Å². The van der Waals surface area contributed by atoms with Crippen LogP contribution in [-0.2, 0) is 19.9 Å². The molecule has 1 aromatic carbocycles. The fourth-order valence-electron chi connectivity index (χ4n) is 2.63. The summed E-state index contributed by atoms with van der Waals surface area (Å²) in [5.74, 6) is -1.78. The molecule has 7 nitrogen and oxygen atoms in total.